The quantitative estimate of drug-likeness (QED) is 0.715. The van der Waals surface area contributed by atoms with Crippen molar-refractivity contribution in [1.29, 1.82) is 0 Å². The van der Waals surface area contributed by atoms with Crippen LogP contribution in [0.2, 0.25) is 0 Å². The Bertz CT molecular complexity index is 418. The molecule has 3 nitrogen and oxygen atoms in total. The molecule has 0 radical (unpaired) electrons. The monoisotopic (exact) mass is 212 g/mol. The zero-order valence-corrected chi connectivity index (χ0v) is 8.75. The Morgan fingerprint density at radius 3 is 2.21 bits per heavy atom. The molecule has 1 aliphatic carbocycles. The van der Waals surface area contributed by atoms with E-state index in [1.54, 1.807) is 0 Å². The second-order valence-electron chi connectivity index (χ2n) is 3.65. The van der Waals surface area contributed by atoms with E-state index in [2.05, 4.69) is 0 Å². The van der Waals surface area contributed by atoms with Crippen LogP contribution in [0.5, 0.6) is 0 Å². The molecule has 14 heavy (non-hydrogen) atoms. The summed E-state index contributed by atoms with van der Waals surface area (Å²) in [6, 6.07) is 9.48. The van der Waals surface area contributed by atoms with Crippen LogP contribution in [0.15, 0.2) is 30.3 Å². The lowest BCUT2D eigenvalue weighted by atomic mass is 10.1. The molecular formula is C10H12O3S. The van der Waals surface area contributed by atoms with E-state index >= 15 is 0 Å². The molecule has 1 saturated carbocycles. The smallest absolute Gasteiger partial charge is 0.259 e. The van der Waals surface area contributed by atoms with Crippen molar-refractivity contribution in [2.75, 3.05) is 6.26 Å². The van der Waals surface area contributed by atoms with Crippen LogP contribution < -0.4 is 0 Å². The second-order valence-corrected chi connectivity index (χ2v) is 5.22. The third-order valence-electron chi connectivity index (χ3n) is 2.31. The van der Waals surface area contributed by atoms with Crippen molar-refractivity contribution in [3.05, 3.63) is 35.9 Å². The first kappa shape index (κ1) is 9.68. The lowest BCUT2D eigenvalue weighted by molar-refractivity contribution is 0.192. The fraction of sp³-hybridized carbons (Fsp3) is 0.400. The van der Waals surface area contributed by atoms with E-state index in [1.807, 2.05) is 30.3 Å². The molecule has 0 unspecified atom stereocenters. The van der Waals surface area contributed by atoms with Gasteiger partial charge in [-0.25, -0.2) is 0 Å². The minimum Gasteiger partial charge on any atom is -0.259 e. The largest absolute Gasteiger partial charge is 0.265 e. The van der Waals surface area contributed by atoms with Crippen LogP contribution in [-0.4, -0.2) is 14.7 Å². The summed E-state index contributed by atoms with van der Waals surface area (Å²) in [5, 5.41) is 0. The van der Waals surface area contributed by atoms with Gasteiger partial charge in [-0.2, -0.15) is 8.42 Å². The highest BCUT2D eigenvalue weighted by Gasteiger charge is 2.48. The maximum absolute atomic E-state index is 11.0. The van der Waals surface area contributed by atoms with Gasteiger partial charge >= 0.3 is 0 Å². The molecule has 1 fully saturated rings. The summed E-state index contributed by atoms with van der Waals surface area (Å²) in [5.74, 6) is 0. The molecular weight excluding hydrogens is 200 g/mol. The van der Waals surface area contributed by atoms with Crippen molar-refractivity contribution in [1.82, 2.24) is 0 Å². The predicted molar refractivity (Wildman–Crippen MR) is 53.3 cm³/mol. The van der Waals surface area contributed by atoms with Gasteiger partial charge in [0.2, 0.25) is 0 Å². The van der Waals surface area contributed by atoms with Gasteiger partial charge in [-0.3, -0.25) is 4.18 Å². The van der Waals surface area contributed by atoms with Gasteiger partial charge in [0, 0.05) is 0 Å². The molecule has 0 atom stereocenters. The molecule has 0 saturated heterocycles. The molecule has 0 N–H and O–H groups in total. The second kappa shape index (κ2) is 3.07. The molecule has 1 aromatic carbocycles. The van der Waals surface area contributed by atoms with Gasteiger partial charge < -0.3 is 0 Å². The molecule has 0 spiro atoms. The first-order chi connectivity index (χ1) is 6.52. The van der Waals surface area contributed by atoms with Crippen LogP contribution in [0, 0.1) is 0 Å². The zero-order valence-electron chi connectivity index (χ0n) is 7.93. The Morgan fingerprint density at radius 2 is 1.79 bits per heavy atom. The fourth-order valence-corrected chi connectivity index (χ4v) is 2.41. The molecule has 0 aliphatic heterocycles. The van der Waals surface area contributed by atoms with E-state index in [9.17, 15) is 8.42 Å². The van der Waals surface area contributed by atoms with Crippen molar-refractivity contribution >= 4 is 10.1 Å². The maximum atomic E-state index is 11.0. The first-order valence-corrected chi connectivity index (χ1v) is 6.30. The van der Waals surface area contributed by atoms with Gasteiger partial charge in [0.05, 0.1) is 6.26 Å². The van der Waals surface area contributed by atoms with Crippen molar-refractivity contribution in [3.8, 4) is 0 Å². The average molecular weight is 212 g/mol. The maximum Gasteiger partial charge on any atom is 0.265 e. The summed E-state index contributed by atoms with van der Waals surface area (Å²) in [6.45, 7) is 0. The van der Waals surface area contributed by atoms with Crippen LogP contribution in [0.3, 0.4) is 0 Å². The molecule has 0 aromatic heterocycles. The summed E-state index contributed by atoms with van der Waals surface area (Å²) in [7, 11) is -3.37. The average Bonchev–Trinajstić information content (AvgIpc) is 2.85. The molecule has 0 bridgehead atoms. The van der Waals surface area contributed by atoms with E-state index in [-0.39, 0.29) is 0 Å². The molecule has 0 amide bonds. The highest BCUT2D eigenvalue weighted by atomic mass is 32.2. The third kappa shape index (κ3) is 1.96. The number of hydrogen-bond donors (Lipinski definition) is 0. The Balaban J connectivity index is 2.27. The predicted octanol–water partition coefficient (Wildman–Crippen LogP) is 1.65. The number of hydrogen-bond acceptors (Lipinski definition) is 3. The summed E-state index contributed by atoms with van der Waals surface area (Å²) >= 11 is 0. The van der Waals surface area contributed by atoms with Gasteiger partial charge in [0.1, 0.15) is 5.60 Å². The topological polar surface area (TPSA) is 43.4 Å². The summed E-state index contributed by atoms with van der Waals surface area (Å²) < 4.78 is 27.2. The van der Waals surface area contributed by atoms with Crippen LogP contribution in [-0.2, 0) is 19.9 Å². The van der Waals surface area contributed by atoms with Crippen molar-refractivity contribution < 1.29 is 12.6 Å². The molecule has 0 heterocycles. The van der Waals surface area contributed by atoms with Crippen molar-refractivity contribution in [2.45, 2.75) is 18.4 Å². The highest BCUT2D eigenvalue weighted by molar-refractivity contribution is 7.86. The van der Waals surface area contributed by atoms with Crippen LogP contribution >= 0.6 is 0 Å². The van der Waals surface area contributed by atoms with E-state index < -0.39 is 15.7 Å². The Labute approximate surface area is 83.8 Å². The lowest BCUT2D eigenvalue weighted by Crippen LogP contribution is -2.16. The van der Waals surface area contributed by atoms with Gasteiger partial charge in [-0.15, -0.1) is 0 Å². The van der Waals surface area contributed by atoms with E-state index in [0.717, 1.165) is 24.7 Å². The van der Waals surface area contributed by atoms with Gasteiger partial charge in [-0.05, 0) is 18.4 Å². The first-order valence-electron chi connectivity index (χ1n) is 4.48. The fourth-order valence-electron chi connectivity index (χ4n) is 1.57. The molecule has 1 aliphatic rings. The minimum atomic E-state index is -3.37. The lowest BCUT2D eigenvalue weighted by Gasteiger charge is -2.14. The standard InChI is InChI=1S/C10H12O3S/c1-14(11,12)13-10(7-8-10)9-5-3-2-4-6-9/h2-6H,7-8H2,1H3. The Hall–Kier alpha value is -0.870. The van der Waals surface area contributed by atoms with E-state index in [1.165, 1.54) is 0 Å². The molecule has 2 rings (SSSR count). The number of rotatable bonds is 3. The SMILES string of the molecule is CS(=O)(=O)OC1(c2ccccc2)CC1. The van der Waals surface area contributed by atoms with Gasteiger partial charge in [-0.1, -0.05) is 30.3 Å². The Morgan fingerprint density at radius 1 is 1.21 bits per heavy atom. The summed E-state index contributed by atoms with van der Waals surface area (Å²) in [6.07, 6.45) is 2.66. The molecule has 76 valence electrons. The van der Waals surface area contributed by atoms with Crippen molar-refractivity contribution in [3.63, 3.8) is 0 Å². The van der Waals surface area contributed by atoms with Crippen molar-refractivity contribution in [2.24, 2.45) is 0 Å². The minimum absolute atomic E-state index is 0.561. The van der Waals surface area contributed by atoms with Crippen LogP contribution in [0.1, 0.15) is 18.4 Å². The van der Waals surface area contributed by atoms with Crippen LogP contribution in [0.4, 0.5) is 0 Å². The third-order valence-corrected chi connectivity index (χ3v) is 2.94. The summed E-state index contributed by atoms with van der Waals surface area (Å²) in [4.78, 5) is 0. The van der Waals surface area contributed by atoms with Crippen LogP contribution in [0.25, 0.3) is 0 Å². The van der Waals surface area contributed by atoms with E-state index in [0.29, 0.717) is 0 Å². The molecule has 1 aromatic rings. The Kier molecular flexibility index (Phi) is 2.12. The van der Waals surface area contributed by atoms with Gasteiger partial charge in [0.15, 0.2) is 0 Å². The van der Waals surface area contributed by atoms with E-state index in [4.69, 9.17) is 4.18 Å². The normalized spacial score (nSPS) is 19.2. The molecule has 4 heteroatoms. The summed E-state index contributed by atoms with van der Waals surface area (Å²) in [5.41, 5.74) is 0.389. The van der Waals surface area contributed by atoms with Gasteiger partial charge in [0.25, 0.3) is 10.1 Å². The highest BCUT2D eigenvalue weighted by Crippen LogP contribution is 2.49. The zero-order chi connectivity index (χ0) is 10.2. The number of benzene rings is 1.